The molecule has 0 saturated heterocycles. The molecule has 1 aromatic carbocycles. The first-order chi connectivity index (χ1) is 8.29. The van der Waals surface area contributed by atoms with E-state index in [1.165, 1.54) is 36.8 Å². The van der Waals surface area contributed by atoms with Gasteiger partial charge in [-0.3, -0.25) is 4.90 Å². The summed E-state index contributed by atoms with van der Waals surface area (Å²) >= 11 is 0. The number of hydrogen-bond donors (Lipinski definition) is 1. The maximum absolute atomic E-state index is 3.18. The third-order valence-corrected chi connectivity index (χ3v) is 3.78. The minimum absolute atomic E-state index is 0.812. The maximum atomic E-state index is 3.18. The van der Waals surface area contributed by atoms with E-state index in [9.17, 15) is 0 Å². The van der Waals surface area contributed by atoms with Crippen LogP contribution >= 0.6 is 0 Å². The second-order valence-electron chi connectivity index (χ2n) is 5.20. The number of nitrogens with zero attached hydrogens (tertiary/aromatic N) is 1. The van der Waals surface area contributed by atoms with Crippen LogP contribution in [0.15, 0.2) is 24.3 Å². The van der Waals surface area contributed by atoms with E-state index in [2.05, 4.69) is 41.5 Å². The Morgan fingerprint density at radius 1 is 1.12 bits per heavy atom. The normalized spacial score (nSPS) is 16.9. The number of benzene rings is 1. The summed E-state index contributed by atoms with van der Waals surface area (Å²) in [6.45, 7) is 2.04. The third-order valence-electron chi connectivity index (χ3n) is 3.78. The molecule has 0 heterocycles. The molecule has 0 bridgehead atoms. The van der Waals surface area contributed by atoms with Crippen LogP contribution in [-0.2, 0) is 13.1 Å². The standard InChI is InChI=1S/C15H24N2/c1-16-11-13-7-9-14(10-8-13)12-17(2)15-5-3-4-6-15/h7-10,15-16H,3-6,11-12H2,1-2H3. The summed E-state index contributed by atoms with van der Waals surface area (Å²) in [7, 11) is 4.25. The van der Waals surface area contributed by atoms with Crippen LogP contribution in [0.3, 0.4) is 0 Å². The SMILES string of the molecule is CNCc1ccc(CN(C)C2CCCC2)cc1. The van der Waals surface area contributed by atoms with E-state index in [0.717, 1.165) is 19.1 Å². The van der Waals surface area contributed by atoms with Crippen molar-refractivity contribution in [3.8, 4) is 0 Å². The quantitative estimate of drug-likeness (QED) is 0.840. The highest BCUT2D eigenvalue weighted by Gasteiger charge is 2.19. The van der Waals surface area contributed by atoms with Crippen LogP contribution in [0.2, 0.25) is 0 Å². The van der Waals surface area contributed by atoms with Gasteiger partial charge in [-0.05, 0) is 38.1 Å². The van der Waals surface area contributed by atoms with Crippen molar-refractivity contribution < 1.29 is 0 Å². The average molecular weight is 232 g/mol. The van der Waals surface area contributed by atoms with Crippen molar-refractivity contribution in [2.45, 2.75) is 44.8 Å². The Kier molecular flexibility index (Phi) is 4.57. The Hall–Kier alpha value is -0.860. The zero-order chi connectivity index (χ0) is 12.1. The first kappa shape index (κ1) is 12.6. The molecule has 2 heteroatoms. The molecule has 1 aliphatic rings. The third kappa shape index (κ3) is 3.55. The molecule has 2 rings (SSSR count). The largest absolute Gasteiger partial charge is 0.316 e. The fourth-order valence-electron chi connectivity index (χ4n) is 2.73. The van der Waals surface area contributed by atoms with E-state index in [1.54, 1.807) is 0 Å². The molecule has 1 N–H and O–H groups in total. The first-order valence-corrected chi connectivity index (χ1v) is 6.72. The van der Waals surface area contributed by atoms with Crippen LogP contribution in [0.5, 0.6) is 0 Å². The summed E-state index contributed by atoms with van der Waals surface area (Å²) in [6, 6.07) is 9.80. The van der Waals surface area contributed by atoms with Crippen molar-refractivity contribution in [3.05, 3.63) is 35.4 Å². The molecule has 0 aromatic heterocycles. The second kappa shape index (κ2) is 6.18. The average Bonchev–Trinajstić information content (AvgIpc) is 2.86. The second-order valence-corrected chi connectivity index (χ2v) is 5.20. The monoisotopic (exact) mass is 232 g/mol. The van der Waals surface area contributed by atoms with Gasteiger partial charge in [0, 0.05) is 19.1 Å². The highest BCUT2D eigenvalue weighted by atomic mass is 15.1. The van der Waals surface area contributed by atoms with E-state index < -0.39 is 0 Å². The lowest BCUT2D eigenvalue weighted by Crippen LogP contribution is -2.28. The lowest BCUT2D eigenvalue weighted by atomic mass is 10.1. The van der Waals surface area contributed by atoms with Crippen molar-refractivity contribution >= 4 is 0 Å². The summed E-state index contributed by atoms with van der Waals surface area (Å²) in [4.78, 5) is 2.51. The molecule has 2 nitrogen and oxygen atoms in total. The van der Waals surface area contributed by atoms with Gasteiger partial charge in [-0.15, -0.1) is 0 Å². The topological polar surface area (TPSA) is 15.3 Å². The van der Waals surface area contributed by atoms with E-state index in [0.29, 0.717) is 0 Å². The van der Waals surface area contributed by atoms with Gasteiger partial charge in [0.25, 0.3) is 0 Å². The Morgan fingerprint density at radius 3 is 2.29 bits per heavy atom. The van der Waals surface area contributed by atoms with Gasteiger partial charge in [-0.2, -0.15) is 0 Å². The molecule has 17 heavy (non-hydrogen) atoms. The molecule has 0 unspecified atom stereocenters. The zero-order valence-electron chi connectivity index (χ0n) is 11.1. The van der Waals surface area contributed by atoms with Gasteiger partial charge in [0.15, 0.2) is 0 Å². The van der Waals surface area contributed by atoms with E-state index in [4.69, 9.17) is 0 Å². The predicted molar refractivity (Wildman–Crippen MR) is 72.9 cm³/mol. The minimum Gasteiger partial charge on any atom is -0.316 e. The van der Waals surface area contributed by atoms with Crippen molar-refractivity contribution in [2.24, 2.45) is 0 Å². The summed E-state index contributed by atoms with van der Waals surface area (Å²) in [6.07, 6.45) is 5.59. The lowest BCUT2D eigenvalue weighted by Gasteiger charge is -2.24. The molecule has 0 amide bonds. The van der Waals surface area contributed by atoms with E-state index in [1.807, 2.05) is 7.05 Å². The zero-order valence-corrected chi connectivity index (χ0v) is 11.1. The fourth-order valence-corrected chi connectivity index (χ4v) is 2.73. The predicted octanol–water partition coefficient (Wildman–Crippen LogP) is 2.78. The molecule has 1 saturated carbocycles. The summed E-state index contributed by atoms with van der Waals surface area (Å²) in [5, 5.41) is 3.18. The van der Waals surface area contributed by atoms with Gasteiger partial charge in [-0.25, -0.2) is 0 Å². The highest BCUT2D eigenvalue weighted by Crippen LogP contribution is 2.23. The smallest absolute Gasteiger partial charge is 0.0233 e. The Morgan fingerprint density at radius 2 is 1.71 bits per heavy atom. The highest BCUT2D eigenvalue weighted by molar-refractivity contribution is 5.22. The first-order valence-electron chi connectivity index (χ1n) is 6.72. The van der Waals surface area contributed by atoms with Crippen LogP contribution in [0.4, 0.5) is 0 Å². The van der Waals surface area contributed by atoms with Gasteiger partial charge in [0.05, 0.1) is 0 Å². The molecule has 0 radical (unpaired) electrons. The van der Waals surface area contributed by atoms with Crippen LogP contribution in [0.25, 0.3) is 0 Å². The van der Waals surface area contributed by atoms with Crippen LogP contribution < -0.4 is 5.32 Å². The Balaban J connectivity index is 1.89. The molecular weight excluding hydrogens is 208 g/mol. The molecule has 1 aliphatic carbocycles. The minimum atomic E-state index is 0.812. The van der Waals surface area contributed by atoms with Crippen LogP contribution in [0, 0.1) is 0 Å². The van der Waals surface area contributed by atoms with Crippen LogP contribution in [-0.4, -0.2) is 25.0 Å². The number of nitrogens with one attached hydrogen (secondary N) is 1. The molecule has 0 aliphatic heterocycles. The molecule has 0 atom stereocenters. The van der Waals surface area contributed by atoms with Gasteiger partial charge in [0.2, 0.25) is 0 Å². The molecule has 1 aromatic rings. The van der Waals surface area contributed by atoms with Crippen molar-refractivity contribution in [3.63, 3.8) is 0 Å². The lowest BCUT2D eigenvalue weighted by molar-refractivity contribution is 0.237. The van der Waals surface area contributed by atoms with Crippen molar-refractivity contribution in [1.29, 1.82) is 0 Å². The molecule has 1 fully saturated rings. The number of rotatable bonds is 5. The van der Waals surface area contributed by atoms with E-state index in [-0.39, 0.29) is 0 Å². The maximum Gasteiger partial charge on any atom is 0.0233 e. The van der Waals surface area contributed by atoms with Gasteiger partial charge in [-0.1, -0.05) is 37.1 Å². The van der Waals surface area contributed by atoms with Crippen LogP contribution in [0.1, 0.15) is 36.8 Å². The fraction of sp³-hybridized carbons (Fsp3) is 0.600. The van der Waals surface area contributed by atoms with Gasteiger partial charge in [0.1, 0.15) is 0 Å². The van der Waals surface area contributed by atoms with Gasteiger partial charge >= 0.3 is 0 Å². The summed E-state index contributed by atoms with van der Waals surface area (Å²) in [5.41, 5.74) is 2.79. The molecular formula is C15H24N2. The molecule has 0 spiro atoms. The summed E-state index contributed by atoms with van der Waals surface area (Å²) in [5.74, 6) is 0. The summed E-state index contributed by atoms with van der Waals surface area (Å²) < 4.78 is 0. The Labute approximate surface area is 105 Å². The van der Waals surface area contributed by atoms with Crippen molar-refractivity contribution in [1.82, 2.24) is 10.2 Å². The van der Waals surface area contributed by atoms with E-state index >= 15 is 0 Å². The molecule has 94 valence electrons. The van der Waals surface area contributed by atoms with Gasteiger partial charge < -0.3 is 5.32 Å². The number of hydrogen-bond acceptors (Lipinski definition) is 2. The Bertz CT molecular complexity index is 325. The van der Waals surface area contributed by atoms with Crippen molar-refractivity contribution in [2.75, 3.05) is 14.1 Å².